The van der Waals surface area contributed by atoms with Crippen molar-refractivity contribution in [1.82, 2.24) is 9.62 Å². The zero-order valence-corrected chi connectivity index (χ0v) is 17.4. The maximum absolute atomic E-state index is 12.5. The molecule has 0 aromatic heterocycles. The number of anilines is 1. The van der Waals surface area contributed by atoms with E-state index in [1.165, 1.54) is 12.1 Å². The molecule has 2 N–H and O–H groups in total. The molecular weight excluding hydrogens is 390 g/mol. The van der Waals surface area contributed by atoms with Crippen LogP contribution in [0.15, 0.2) is 53.4 Å². The molecule has 0 saturated carbocycles. The first-order chi connectivity index (χ1) is 14.0. The molecule has 0 bridgehead atoms. The predicted molar refractivity (Wildman–Crippen MR) is 113 cm³/mol. The first-order valence-corrected chi connectivity index (χ1v) is 11.2. The molecule has 1 aliphatic rings. The van der Waals surface area contributed by atoms with E-state index in [9.17, 15) is 13.2 Å². The van der Waals surface area contributed by atoms with Crippen molar-refractivity contribution in [2.45, 2.75) is 37.1 Å². The Labute approximate surface area is 172 Å². The van der Waals surface area contributed by atoms with Crippen LogP contribution in [0.5, 0.6) is 5.75 Å². The number of ether oxygens (including phenoxy) is 1. The van der Waals surface area contributed by atoms with E-state index in [1.54, 1.807) is 31.4 Å². The van der Waals surface area contributed by atoms with Crippen molar-refractivity contribution < 1.29 is 17.9 Å². The normalized spacial score (nSPS) is 14.9. The molecule has 8 heteroatoms. The molecule has 0 spiro atoms. The number of rotatable bonds is 6. The molecule has 0 unspecified atom stereocenters. The number of carbonyl (C=O) groups is 1. The Bertz CT molecular complexity index is 904. The number of nitrogens with one attached hydrogen (secondary N) is 2. The van der Waals surface area contributed by atoms with E-state index in [4.69, 9.17) is 4.74 Å². The first kappa shape index (κ1) is 21.1. The lowest BCUT2D eigenvalue weighted by Crippen LogP contribution is -2.35. The van der Waals surface area contributed by atoms with Crippen molar-refractivity contribution >= 4 is 21.7 Å². The third-order valence-electron chi connectivity index (χ3n) is 4.93. The Hall–Kier alpha value is -2.58. The van der Waals surface area contributed by atoms with Gasteiger partial charge >= 0.3 is 6.03 Å². The number of urea groups is 1. The monoisotopic (exact) mass is 417 g/mol. The Morgan fingerprint density at radius 3 is 2.17 bits per heavy atom. The molecule has 1 heterocycles. The molecule has 1 aliphatic heterocycles. The fourth-order valence-corrected chi connectivity index (χ4v) is 4.22. The number of benzene rings is 2. The van der Waals surface area contributed by atoms with Crippen molar-refractivity contribution in [3.63, 3.8) is 0 Å². The molecular formula is C21H27N3O4S. The van der Waals surface area contributed by atoms with Gasteiger partial charge in [0.1, 0.15) is 5.75 Å². The summed E-state index contributed by atoms with van der Waals surface area (Å²) in [6.45, 7) is 1.70. The zero-order valence-electron chi connectivity index (χ0n) is 16.6. The molecule has 3 rings (SSSR count). The van der Waals surface area contributed by atoms with Gasteiger partial charge in [-0.05, 0) is 54.8 Å². The maximum Gasteiger partial charge on any atom is 0.321 e. The van der Waals surface area contributed by atoms with Crippen LogP contribution in [0.2, 0.25) is 0 Å². The topological polar surface area (TPSA) is 87.7 Å². The lowest BCUT2D eigenvalue weighted by molar-refractivity contribution is 0.214. The highest BCUT2D eigenvalue weighted by Gasteiger charge is 2.17. The van der Waals surface area contributed by atoms with E-state index in [1.807, 2.05) is 17.0 Å². The molecule has 0 atom stereocenters. The lowest BCUT2D eigenvalue weighted by Gasteiger charge is -2.20. The number of sulfonamides is 1. The van der Waals surface area contributed by atoms with Crippen LogP contribution >= 0.6 is 0 Å². The zero-order chi connectivity index (χ0) is 20.7. The molecule has 1 fully saturated rings. The van der Waals surface area contributed by atoms with Crippen LogP contribution in [-0.2, 0) is 16.6 Å². The number of carbonyl (C=O) groups excluding carboxylic acids is 1. The summed E-state index contributed by atoms with van der Waals surface area (Å²) >= 11 is 0. The summed E-state index contributed by atoms with van der Waals surface area (Å²) in [7, 11) is -2.07. The van der Waals surface area contributed by atoms with E-state index in [0.29, 0.717) is 5.69 Å². The van der Waals surface area contributed by atoms with Gasteiger partial charge in [0.2, 0.25) is 10.0 Å². The van der Waals surface area contributed by atoms with Crippen molar-refractivity contribution in [3.05, 3.63) is 54.1 Å². The Morgan fingerprint density at radius 2 is 1.59 bits per heavy atom. The van der Waals surface area contributed by atoms with Crippen molar-refractivity contribution in [2.75, 3.05) is 25.5 Å². The number of nitrogens with zero attached hydrogens (tertiary/aromatic N) is 1. The van der Waals surface area contributed by atoms with Gasteiger partial charge in [0.15, 0.2) is 0 Å². The fraction of sp³-hybridized carbons (Fsp3) is 0.381. The standard InChI is InChI=1S/C21H27N3O4S/c1-28-19-10-6-17(7-11-19)16-22-29(26,27)20-12-8-18(9-13-20)23-21(25)24-14-4-2-3-5-15-24/h6-13,22H,2-5,14-16H2,1H3,(H,23,25). The van der Waals surface area contributed by atoms with Crippen molar-refractivity contribution in [2.24, 2.45) is 0 Å². The summed E-state index contributed by atoms with van der Waals surface area (Å²) in [5.74, 6) is 0.717. The van der Waals surface area contributed by atoms with E-state index in [-0.39, 0.29) is 17.5 Å². The van der Waals surface area contributed by atoms with E-state index in [2.05, 4.69) is 10.0 Å². The van der Waals surface area contributed by atoms with Crippen LogP contribution in [0.1, 0.15) is 31.2 Å². The minimum absolute atomic E-state index is 0.139. The molecule has 29 heavy (non-hydrogen) atoms. The summed E-state index contributed by atoms with van der Waals surface area (Å²) < 4.78 is 32.7. The second-order valence-corrected chi connectivity index (χ2v) is 8.80. The van der Waals surface area contributed by atoms with Gasteiger partial charge in [-0.2, -0.15) is 0 Å². The third-order valence-corrected chi connectivity index (χ3v) is 6.35. The summed E-state index contributed by atoms with van der Waals surface area (Å²) in [4.78, 5) is 14.3. The van der Waals surface area contributed by atoms with Crippen molar-refractivity contribution in [3.8, 4) is 5.75 Å². The van der Waals surface area contributed by atoms with Gasteiger partial charge in [0, 0.05) is 25.3 Å². The van der Waals surface area contributed by atoms with Gasteiger partial charge in [-0.15, -0.1) is 0 Å². The highest BCUT2D eigenvalue weighted by molar-refractivity contribution is 7.89. The summed E-state index contributed by atoms with van der Waals surface area (Å²) in [5.41, 5.74) is 1.41. The average molecular weight is 418 g/mol. The van der Waals surface area contributed by atoms with Crippen LogP contribution in [0.25, 0.3) is 0 Å². The number of hydrogen-bond acceptors (Lipinski definition) is 4. The number of likely N-dealkylation sites (tertiary alicyclic amines) is 1. The summed E-state index contributed by atoms with van der Waals surface area (Å²) in [5, 5.41) is 2.85. The minimum Gasteiger partial charge on any atom is -0.497 e. The Kier molecular flexibility index (Phi) is 7.11. The predicted octanol–water partition coefficient (Wildman–Crippen LogP) is 3.58. The van der Waals surface area contributed by atoms with Crippen LogP contribution in [-0.4, -0.2) is 39.5 Å². The van der Waals surface area contributed by atoms with Gasteiger partial charge in [0.05, 0.1) is 12.0 Å². The Morgan fingerprint density at radius 1 is 0.966 bits per heavy atom. The van der Waals surface area contributed by atoms with Gasteiger partial charge in [0.25, 0.3) is 0 Å². The van der Waals surface area contributed by atoms with E-state index < -0.39 is 10.0 Å². The molecule has 2 amide bonds. The van der Waals surface area contributed by atoms with Crippen LogP contribution in [0, 0.1) is 0 Å². The summed E-state index contributed by atoms with van der Waals surface area (Å²) in [6, 6.07) is 13.3. The second-order valence-electron chi connectivity index (χ2n) is 7.03. The fourth-order valence-electron chi connectivity index (χ4n) is 3.20. The first-order valence-electron chi connectivity index (χ1n) is 9.76. The molecule has 2 aromatic rings. The molecule has 0 aliphatic carbocycles. The van der Waals surface area contributed by atoms with Gasteiger partial charge < -0.3 is 15.0 Å². The lowest BCUT2D eigenvalue weighted by atomic mass is 10.2. The average Bonchev–Trinajstić information content (AvgIpc) is 3.03. The smallest absolute Gasteiger partial charge is 0.321 e. The van der Waals surface area contributed by atoms with Crippen LogP contribution in [0.4, 0.5) is 10.5 Å². The number of methoxy groups -OCH3 is 1. The molecule has 2 aromatic carbocycles. The summed E-state index contributed by atoms with van der Waals surface area (Å²) in [6.07, 6.45) is 4.34. The third kappa shape index (κ3) is 5.95. The van der Waals surface area contributed by atoms with Gasteiger partial charge in [-0.3, -0.25) is 0 Å². The second kappa shape index (κ2) is 9.76. The van der Waals surface area contributed by atoms with Crippen LogP contribution in [0.3, 0.4) is 0 Å². The van der Waals surface area contributed by atoms with Crippen molar-refractivity contribution in [1.29, 1.82) is 0 Å². The largest absolute Gasteiger partial charge is 0.497 e. The highest BCUT2D eigenvalue weighted by Crippen LogP contribution is 2.17. The SMILES string of the molecule is COc1ccc(CNS(=O)(=O)c2ccc(NC(=O)N3CCCCCC3)cc2)cc1. The van der Waals surface area contributed by atoms with E-state index >= 15 is 0 Å². The minimum atomic E-state index is -3.65. The molecule has 1 saturated heterocycles. The maximum atomic E-state index is 12.5. The molecule has 0 radical (unpaired) electrons. The van der Waals surface area contributed by atoms with Gasteiger partial charge in [-0.1, -0.05) is 25.0 Å². The Balaban J connectivity index is 1.58. The quantitative estimate of drug-likeness (QED) is 0.752. The van der Waals surface area contributed by atoms with E-state index in [0.717, 1.165) is 50.1 Å². The number of amides is 2. The molecule has 7 nitrogen and oxygen atoms in total. The van der Waals surface area contributed by atoms with Gasteiger partial charge in [-0.25, -0.2) is 17.9 Å². The number of hydrogen-bond donors (Lipinski definition) is 2. The van der Waals surface area contributed by atoms with Crippen LogP contribution < -0.4 is 14.8 Å². The molecule has 156 valence electrons. The highest BCUT2D eigenvalue weighted by atomic mass is 32.2.